The van der Waals surface area contributed by atoms with Crippen LogP contribution in [0.15, 0.2) is 51.9 Å². The van der Waals surface area contributed by atoms with Gasteiger partial charge in [0.15, 0.2) is 0 Å². The van der Waals surface area contributed by atoms with E-state index in [0.717, 1.165) is 6.42 Å². The first-order valence-electron chi connectivity index (χ1n) is 8.69. The number of rotatable bonds is 9. The second-order valence-electron chi connectivity index (χ2n) is 6.32. The van der Waals surface area contributed by atoms with Crippen molar-refractivity contribution in [1.29, 1.82) is 0 Å². The van der Waals surface area contributed by atoms with Crippen LogP contribution in [-0.2, 0) is 16.1 Å². The Labute approximate surface area is 157 Å². The molecule has 0 saturated heterocycles. The van der Waals surface area contributed by atoms with E-state index >= 15 is 0 Å². The van der Waals surface area contributed by atoms with Crippen LogP contribution in [0.1, 0.15) is 36.4 Å². The number of carbonyl (C=O) groups is 2. The highest BCUT2D eigenvalue weighted by molar-refractivity contribution is 5.95. The van der Waals surface area contributed by atoms with Crippen LogP contribution in [0.4, 0.5) is 0 Å². The van der Waals surface area contributed by atoms with Crippen LogP contribution in [0.25, 0.3) is 0 Å². The van der Waals surface area contributed by atoms with E-state index in [1.165, 1.54) is 12.3 Å². The second kappa shape index (κ2) is 10.2. The van der Waals surface area contributed by atoms with E-state index in [4.69, 9.17) is 13.9 Å². The van der Waals surface area contributed by atoms with Crippen molar-refractivity contribution in [3.05, 3.63) is 64.2 Å². The first kappa shape index (κ1) is 20.2. The van der Waals surface area contributed by atoms with E-state index in [9.17, 15) is 14.4 Å². The number of amides is 1. The molecule has 1 N–H and O–H groups in total. The van der Waals surface area contributed by atoms with Gasteiger partial charge in [-0.2, -0.15) is 0 Å². The summed E-state index contributed by atoms with van der Waals surface area (Å²) in [6.45, 7) is 4.06. The van der Waals surface area contributed by atoms with Crippen LogP contribution < -0.4 is 15.5 Å². The zero-order valence-electron chi connectivity index (χ0n) is 15.4. The van der Waals surface area contributed by atoms with Crippen molar-refractivity contribution in [2.75, 3.05) is 13.2 Å². The lowest BCUT2D eigenvalue weighted by molar-refractivity contribution is -0.144. The van der Waals surface area contributed by atoms with E-state index in [-0.39, 0.29) is 36.0 Å². The van der Waals surface area contributed by atoms with Gasteiger partial charge in [-0.1, -0.05) is 32.0 Å². The van der Waals surface area contributed by atoms with Crippen molar-refractivity contribution in [3.63, 3.8) is 0 Å². The molecule has 7 nitrogen and oxygen atoms in total. The molecule has 2 aromatic rings. The van der Waals surface area contributed by atoms with Gasteiger partial charge in [-0.3, -0.25) is 14.4 Å². The number of ether oxygens (including phenoxy) is 2. The van der Waals surface area contributed by atoms with Crippen LogP contribution in [0, 0.1) is 5.92 Å². The average Bonchev–Trinajstić information content (AvgIpc) is 2.66. The van der Waals surface area contributed by atoms with Crippen molar-refractivity contribution in [2.24, 2.45) is 5.92 Å². The highest BCUT2D eigenvalue weighted by Gasteiger charge is 2.10. The lowest BCUT2D eigenvalue weighted by atomic mass is 10.1. The van der Waals surface area contributed by atoms with Crippen LogP contribution >= 0.6 is 0 Å². The summed E-state index contributed by atoms with van der Waals surface area (Å²) in [6, 6.07) is 9.75. The molecular formula is C20H23NO6. The summed E-state index contributed by atoms with van der Waals surface area (Å²) < 4.78 is 15.6. The van der Waals surface area contributed by atoms with Crippen molar-refractivity contribution >= 4 is 11.9 Å². The lowest BCUT2D eigenvalue weighted by Gasteiger charge is -2.08. The summed E-state index contributed by atoms with van der Waals surface area (Å²) >= 11 is 0. The van der Waals surface area contributed by atoms with E-state index in [1.807, 2.05) is 0 Å². The van der Waals surface area contributed by atoms with Crippen LogP contribution in [0.5, 0.6) is 5.75 Å². The zero-order valence-corrected chi connectivity index (χ0v) is 15.4. The molecular weight excluding hydrogens is 350 g/mol. The molecule has 0 fully saturated rings. The molecule has 1 aromatic heterocycles. The number of hydrogen-bond donors (Lipinski definition) is 1. The molecule has 7 heteroatoms. The number of hydrogen-bond acceptors (Lipinski definition) is 6. The standard InChI is InChI=1S/C20H23NO6/c1-14(2)8-9-25-18-13-26-16(10-17(18)22)12-27-19(23)11-21-20(24)15-6-4-3-5-7-15/h3-7,10,13-14H,8-9,11-12H2,1-2H3,(H,21,24). The van der Waals surface area contributed by atoms with Crippen molar-refractivity contribution < 1.29 is 23.5 Å². The molecule has 2 rings (SSSR count). The number of benzene rings is 1. The highest BCUT2D eigenvalue weighted by Crippen LogP contribution is 2.09. The zero-order chi connectivity index (χ0) is 19.6. The molecule has 0 aliphatic heterocycles. The first-order valence-corrected chi connectivity index (χ1v) is 8.69. The minimum absolute atomic E-state index is 0.126. The van der Waals surface area contributed by atoms with Crippen molar-refractivity contribution in [1.82, 2.24) is 5.32 Å². The maximum atomic E-state index is 11.9. The third-order valence-electron chi connectivity index (χ3n) is 3.61. The third-order valence-corrected chi connectivity index (χ3v) is 3.61. The third kappa shape index (κ3) is 6.97. The van der Waals surface area contributed by atoms with Gasteiger partial charge in [0.1, 0.15) is 25.2 Å². The predicted octanol–water partition coefficient (Wildman–Crippen LogP) is 2.54. The monoisotopic (exact) mass is 373 g/mol. The molecule has 0 aliphatic rings. The average molecular weight is 373 g/mol. The Morgan fingerprint density at radius 1 is 1.19 bits per heavy atom. The summed E-state index contributed by atoms with van der Waals surface area (Å²) in [5.41, 5.74) is 0.109. The van der Waals surface area contributed by atoms with Gasteiger partial charge in [0, 0.05) is 11.6 Å². The quantitative estimate of drug-likeness (QED) is 0.679. The molecule has 1 aromatic carbocycles. The Kier molecular flexibility index (Phi) is 7.61. The molecule has 0 saturated carbocycles. The van der Waals surface area contributed by atoms with Gasteiger partial charge < -0.3 is 19.2 Å². The van der Waals surface area contributed by atoms with E-state index < -0.39 is 5.97 Å². The highest BCUT2D eigenvalue weighted by atomic mass is 16.5. The normalized spacial score (nSPS) is 10.5. The Morgan fingerprint density at radius 2 is 1.93 bits per heavy atom. The van der Waals surface area contributed by atoms with E-state index in [1.54, 1.807) is 30.3 Å². The van der Waals surface area contributed by atoms with Gasteiger partial charge in [0.05, 0.1) is 6.61 Å². The molecule has 0 unspecified atom stereocenters. The van der Waals surface area contributed by atoms with Crippen LogP contribution in [0.2, 0.25) is 0 Å². The maximum absolute atomic E-state index is 11.9. The summed E-state index contributed by atoms with van der Waals surface area (Å²) in [5, 5.41) is 2.46. The molecule has 27 heavy (non-hydrogen) atoms. The summed E-state index contributed by atoms with van der Waals surface area (Å²) in [4.78, 5) is 35.5. The fraction of sp³-hybridized carbons (Fsp3) is 0.350. The van der Waals surface area contributed by atoms with Crippen molar-refractivity contribution in [3.8, 4) is 5.75 Å². The van der Waals surface area contributed by atoms with Gasteiger partial charge in [0.25, 0.3) is 5.91 Å². The number of carbonyl (C=O) groups excluding carboxylic acids is 2. The molecule has 0 aliphatic carbocycles. The van der Waals surface area contributed by atoms with Gasteiger partial charge in [-0.05, 0) is 24.5 Å². The molecule has 0 spiro atoms. The Hall–Kier alpha value is -3.09. The van der Waals surface area contributed by atoms with Gasteiger partial charge >= 0.3 is 5.97 Å². The number of nitrogens with one attached hydrogen (secondary N) is 1. The fourth-order valence-corrected chi connectivity index (χ4v) is 2.07. The van der Waals surface area contributed by atoms with E-state index in [0.29, 0.717) is 18.1 Å². The summed E-state index contributed by atoms with van der Waals surface area (Å²) in [5.74, 6) is -0.223. The van der Waals surface area contributed by atoms with Gasteiger partial charge in [0.2, 0.25) is 11.2 Å². The molecule has 0 atom stereocenters. The maximum Gasteiger partial charge on any atom is 0.325 e. The van der Waals surface area contributed by atoms with E-state index in [2.05, 4.69) is 19.2 Å². The minimum atomic E-state index is -0.640. The topological polar surface area (TPSA) is 94.8 Å². The second-order valence-corrected chi connectivity index (χ2v) is 6.32. The SMILES string of the molecule is CC(C)CCOc1coc(COC(=O)CNC(=O)c2ccccc2)cc1=O. The van der Waals surface area contributed by atoms with Gasteiger partial charge in [-0.15, -0.1) is 0 Å². The molecule has 1 amide bonds. The molecule has 1 heterocycles. The minimum Gasteiger partial charge on any atom is -0.487 e. The van der Waals surface area contributed by atoms with Crippen LogP contribution in [-0.4, -0.2) is 25.0 Å². The van der Waals surface area contributed by atoms with Gasteiger partial charge in [-0.25, -0.2) is 0 Å². The summed E-state index contributed by atoms with van der Waals surface area (Å²) in [6.07, 6.45) is 2.04. The predicted molar refractivity (Wildman–Crippen MR) is 98.5 cm³/mol. The Bertz CT molecular complexity index is 813. The molecule has 0 bridgehead atoms. The smallest absolute Gasteiger partial charge is 0.325 e. The molecule has 144 valence electrons. The lowest BCUT2D eigenvalue weighted by Crippen LogP contribution is -2.30. The summed E-state index contributed by atoms with van der Waals surface area (Å²) in [7, 11) is 0. The fourth-order valence-electron chi connectivity index (χ4n) is 2.07. The first-order chi connectivity index (χ1) is 13.0. The van der Waals surface area contributed by atoms with Crippen LogP contribution in [0.3, 0.4) is 0 Å². The largest absolute Gasteiger partial charge is 0.487 e. The Balaban J connectivity index is 1.77. The Morgan fingerprint density at radius 3 is 2.59 bits per heavy atom. The molecule has 0 radical (unpaired) electrons. The number of esters is 1. The van der Waals surface area contributed by atoms with Crippen molar-refractivity contribution in [2.45, 2.75) is 26.9 Å².